The largest absolute Gasteiger partial charge is 0.480 e. The van der Waals surface area contributed by atoms with E-state index < -0.39 is 28.2 Å². The van der Waals surface area contributed by atoms with Crippen LogP contribution in [-0.2, 0) is 24.3 Å². The van der Waals surface area contributed by atoms with Gasteiger partial charge in [-0.05, 0) is 13.8 Å². The summed E-state index contributed by atoms with van der Waals surface area (Å²) in [6, 6.07) is 0. The quantitative estimate of drug-likeness (QED) is 0.604. The fraction of sp³-hybridized carbons (Fsp3) is 0.900. The summed E-state index contributed by atoms with van der Waals surface area (Å²) in [6.45, 7) is 4.11. The Bertz CT molecular complexity index is 387. The Hall–Kier alpha value is -0.700. The number of sulfonamides is 1. The van der Waals surface area contributed by atoms with E-state index in [1.54, 1.807) is 13.8 Å². The lowest BCUT2D eigenvalue weighted by Crippen LogP contribution is -2.63. The van der Waals surface area contributed by atoms with Crippen molar-refractivity contribution >= 4 is 16.0 Å². The molecule has 1 heterocycles. The van der Waals surface area contributed by atoms with Crippen molar-refractivity contribution in [3.05, 3.63) is 0 Å². The normalized spacial score (nSPS) is 19.4. The first-order valence-electron chi connectivity index (χ1n) is 5.70. The van der Waals surface area contributed by atoms with Crippen molar-refractivity contribution in [3.63, 3.8) is 0 Å². The highest BCUT2D eigenvalue weighted by Gasteiger charge is 2.45. The lowest BCUT2D eigenvalue weighted by Gasteiger charge is -2.46. The van der Waals surface area contributed by atoms with Crippen molar-refractivity contribution < 1.29 is 27.8 Å². The van der Waals surface area contributed by atoms with E-state index in [1.807, 2.05) is 0 Å². The van der Waals surface area contributed by atoms with Gasteiger partial charge < -0.3 is 14.6 Å². The Morgan fingerprint density at radius 2 is 2.06 bits per heavy atom. The number of carboxylic acid groups (broad SMARTS) is 1. The maximum atomic E-state index is 11.8. The number of carboxylic acids is 1. The second kappa shape index (κ2) is 5.96. The molecule has 0 radical (unpaired) electrons. The molecule has 0 aromatic rings. The Morgan fingerprint density at radius 3 is 2.56 bits per heavy atom. The Labute approximate surface area is 107 Å². The summed E-state index contributed by atoms with van der Waals surface area (Å²) in [5, 5.41) is 8.49. The fourth-order valence-corrected chi connectivity index (χ4v) is 3.19. The lowest BCUT2D eigenvalue weighted by atomic mass is 10.0. The van der Waals surface area contributed by atoms with Gasteiger partial charge in [-0.3, -0.25) is 0 Å². The molecule has 0 unspecified atom stereocenters. The summed E-state index contributed by atoms with van der Waals surface area (Å²) >= 11 is 0. The first kappa shape index (κ1) is 15.4. The van der Waals surface area contributed by atoms with E-state index in [-0.39, 0.29) is 25.4 Å². The van der Waals surface area contributed by atoms with Gasteiger partial charge in [0.15, 0.2) is 0 Å². The molecule has 0 aromatic heterocycles. The van der Waals surface area contributed by atoms with Crippen LogP contribution in [0.25, 0.3) is 0 Å². The highest BCUT2D eigenvalue weighted by molar-refractivity contribution is 7.89. The van der Waals surface area contributed by atoms with Gasteiger partial charge in [0, 0.05) is 19.7 Å². The standard InChI is InChI=1S/C10H19NO6S/c1-3-16-4-5-18(14,15)11-7-10(2,8-11)17-6-9(12)13/h3-8H2,1-2H3,(H,12,13). The molecule has 18 heavy (non-hydrogen) atoms. The van der Waals surface area contributed by atoms with Gasteiger partial charge in [-0.1, -0.05) is 0 Å². The fourth-order valence-electron chi connectivity index (χ4n) is 1.66. The van der Waals surface area contributed by atoms with Gasteiger partial charge in [0.2, 0.25) is 10.0 Å². The van der Waals surface area contributed by atoms with Gasteiger partial charge in [-0.25, -0.2) is 13.2 Å². The molecule has 106 valence electrons. The summed E-state index contributed by atoms with van der Waals surface area (Å²) < 4.78 is 35.0. The van der Waals surface area contributed by atoms with Crippen LogP contribution in [0.15, 0.2) is 0 Å². The predicted molar refractivity (Wildman–Crippen MR) is 63.8 cm³/mol. The topological polar surface area (TPSA) is 93.1 Å². The molecular weight excluding hydrogens is 262 g/mol. The molecule has 8 heteroatoms. The molecular formula is C10H19NO6S. The van der Waals surface area contributed by atoms with Crippen molar-refractivity contribution in [3.8, 4) is 0 Å². The Morgan fingerprint density at radius 1 is 1.44 bits per heavy atom. The van der Waals surface area contributed by atoms with E-state index in [9.17, 15) is 13.2 Å². The number of carbonyl (C=O) groups is 1. The first-order valence-corrected chi connectivity index (χ1v) is 7.31. The van der Waals surface area contributed by atoms with Crippen molar-refractivity contribution in [1.82, 2.24) is 4.31 Å². The smallest absolute Gasteiger partial charge is 0.329 e. The SMILES string of the molecule is CCOCCS(=O)(=O)N1CC(C)(OCC(=O)O)C1. The van der Waals surface area contributed by atoms with Crippen molar-refractivity contribution in [1.29, 1.82) is 0 Å². The highest BCUT2D eigenvalue weighted by atomic mass is 32.2. The van der Waals surface area contributed by atoms with Crippen LogP contribution < -0.4 is 0 Å². The molecule has 0 saturated carbocycles. The van der Waals surface area contributed by atoms with Gasteiger partial charge in [0.1, 0.15) is 6.61 Å². The third-order valence-electron chi connectivity index (χ3n) is 2.65. The third-order valence-corrected chi connectivity index (χ3v) is 4.38. The van der Waals surface area contributed by atoms with Crippen LogP contribution in [-0.4, -0.2) is 68.1 Å². The van der Waals surface area contributed by atoms with Crippen LogP contribution in [0.4, 0.5) is 0 Å². The Balaban J connectivity index is 2.38. The second-order valence-corrected chi connectivity index (χ2v) is 6.50. The van der Waals surface area contributed by atoms with Crippen molar-refractivity contribution in [2.24, 2.45) is 0 Å². The van der Waals surface area contributed by atoms with E-state index in [4.69, 9.17) is 14.6 Å². The molecule has 1 fully saturated rings. The molecule has 0 amide bonds. The van der Waals surface area contributed by atoms with Crippen molar-refractivity contribution in [2.75, 3.05) is 38.7 Å². The van der Waals surface area contributed by atoms with E-state index in [0.717, 1.165) is 0 Å². The molecule has 0 aromatic carbocycles. The molecule has 7 nitrogen and oxygen atoms in total. The van der Waals surface area contributed by atoms with Gasteiger partial charge >= 0.3 is 5.97 Å². The number of ether oxygens (including phenoxy) is 2. The van der Waals surface area contributed by atoms with E-state index in [0.29, 0.717) is 6.61 Å². The second-order valence-electron chi connectivity index (χ2n) is 4.41. The molecule has 0 spiro atoms. The summed E-state index contributed by atoms with van der Waals surface area (Å²) in [5.41, 5.74) is -0.697. The minimum atomic E-state index is -3.32. The van der Waals surface area contributed by atoms with Crippen molar-refractivity contribution in [2.45, 2.75) is 19.4 Å². The number of hydrogen-bond donors (Lipinski definition) is 1. The average molecular weight is 281 g/mol. The van der Waals surface area contributed by atoms with Crippen LogP contribution in [0.5, 0.6) is 0 Å². The summed E-state index contributed by atoms with van der Waals surface area (Å²) in [6.07, 6.45) is 0. The zero-order valence-electron chi connectivity index (χ0n) is 10.6. The number of hydrogen-bond acceptors (Lipinski definition) is 5. The molecule has 1 aliphatic rings. The monoisotopic (exact) mass is 281 g/mol. The maximum Gasteiger partial charge on any atom is 0.329 e. The molecule has 1 rings (SSSR count). The minimum Gasteiger partial charge on any atom is -0.480 e. The van der Waals surface area contributed by atoms with Gasteiger partial charge in [0.25, 0.3) is 0 Å². The highest BCUT2D eigenvalue weighted by Crippen LogP contribution is 2.27. The van der Waals surface area contributed by atoms with Crippen LogP contribution in [0.2, 0.25) is 0 Å². The number of aliphatic carboxylic acids is 1. The van der Waals surface area contributed by atoms with Gasteiger partial charge in [-0.15, -0.1) is 0 Å². The third kappa shape index (κ3) is 4.20. The zero-order chi connectivity index (χ0) is 13.8. The van der Waals surface area contributed by atoms with Crippen LogP contribution >= 0.6 is 0 Å². The van der Waals surface area contributed by atoms with Crippen LogP contribution in [0.3, 0.4) is 0 Å². The first-order chi connectivity index (χ1) is 8.29. The lowest BCUT2D eigenvalue weighted by molar-refractivity contribution is -0.157. The summed E-state index contributed by atoms with van der Waals surface area (Å²) in [5.74, 6) is -1.12. The predicted octanol–water partition coefficient (Wildman–Crippen LogP) is -0.472. The maximum absolute atomic E-state index is 11.8. The average Bonchev–Trinajstić information content (AvgIpc) is 2.22. The minimum absolute atomic E-state index is 0.0597. The molecule has 1 saturated heterocycles. The van der Waals surface area contributed by atoms with Gasteiger partial charge in [-0.2, -0.15) is 4.31 Å². The molecule has 1 aliphatic heterocycles. The Kier molecular flexibility index (Phi) is 5.09. The number of rotatable bonds is 8. The summed E-state index contributed by atoms with van der Waals surface area (Å²) in [7, 11) is -3.32. The van der Waals surface area contributed by atoms with Crippen LogP contribution in [0.1, 0.15) is 13.8 Å². The molecule has 0 atom stereocenters. The number of nitrogens with zero attached hydrogens (tertiary/aromatic N) is 1. The molecule has 0 bridgehead atoms. The van der Waals surface area contributed by atoms with E-state index in [1.165, 1.54) is 4.31 Å². The van der Waals surface area contributed by atoms with Crippen LogP contribution in [0, 0.1) is 0 Å². The summed E-state index contributed by atoms with van der Waals surface area (Å²) in [4.78, 5) is 10.4. The molecule has 0 aliphatic carbocycles. The van der Waals surface area contributed by atoms with Gasteiger partial charge in [0.05, 0.1) is 18.0 Å². The zero-order valence-corrected chi connectivity index (χ0v) is 11.4. The molecule has 1 N–H and O–H groups in total. The van der Waals surface area contributed by atoms with E-state index >= 15 is 0 Å². The van der Waals surface area contributed by atoms with E-state index in [2.05, 4.69) is 0 Å².